The molecular formula is C30H48O4. The molecule has 4 nitrogen and oxygen atoms in total. The maximum absolute atomic E-state index is 12.4. The zero-order valence-electron chi connectivity index (χ0n) is 22.6. The van der Waals surface area contributed by atoms with E-state index in [2.05, 4.69) is 47.6 Å². The summed E-state index contributed by atoms with van der Waals surface area (Å²) >= 11 is 0. The maximum atomic E-state index is 12.4. The van der Waals surface area contributed by atoms with Gasteiger partial charge in [0, 0.05) is 0 Å². The number of hydrogen-bond donors (Lipinski definition) is 3. The van der Waals surface area contributed by atoms with Crippen molar-refractivity contribution in [3.05, 3.63) is 22.8 Å². The number of carboxylic acids is 1. The van der Waals surface area contributed by atoms with Gasteiger partial charge in [-0.05, 0) is 113 Å². The average molecular weight is 473 g/mol. The molecule has 4 aliphatic carbocycles. The van der Waals surface area contributed by atoms with Crippen LogP contribution in [-0.2, 0) is 4.79 Å². The Labute approximate surface area is 206 Å². The molecule has 0 aromatic rings. The molecule has 2 fully saturated rings. The van der Waals surface area contributed by atoms with E-state index in [1.807, 2.05) is 0 Å². The first-order chi connectivity index (χ1) is 15.7. The maximum Gasteiger partial charge on any atom is 0.312 e. The molecule has 0 bridgehead atoms. The quantitative estimate of drug-likeness (QED) is 0.398. The second-order valence-corrected chi connectivity index (χ2v) is 13.4. The number of aliphatic hydroxyl groups excluding tert-OH is 2. The molecule has 34 heavy (non-hydrogen) atoms. The lowest BCUT2D eigenvalue weighted by molar-refractivity contribution is -0.175. The Morgan fingerprint density at radius 1 is 1.03 bits per heavy atom. The van der Waals surface area contributed by atoms with Gasteiger partial charge in [-0.1, -0.05) is 50.5 Å². The van der Waals surface area contributed by atoms with Crippen molar-refractivity contribution in [3.8, 4) is 0 Å². The normalized spacial score (nSPS) is 45.6. The molecule has 0 aromatic heterocycles. The number of hydrogen-bond acceptors (Lipinski definition) is 3. The summed E-state index contributed by atoms with van der Waals surface area (Å²) in [5.74, 6) is -0.103. The minimum atomic E-state index is -1.07. The van der Waals surface area contributed by atoms with Crippen LogP contribution in [0.25, 0.3) is 0 Å². The van der Waals surface area contributed by atoms with Crippen molar-refractivity contribution in [3.63, 3.8) is 0 Å². The van der Waals surface area contributed by atoms with Crippen molar-refractivity contribution < 1.29 is 20.1 Å². The van der Waals surface area contributed by atoms with Gasteiger partial charge in [-0.15, -0.1) is 0 Å². The highest BCUT2D eigenvalue weighted by atomic mass is 16.4. The fraction of sp³-hybridized carbons (Fsp3) is 0.833. The van der Waals surface area contributed by atoms with Crippen LogP contribution in [0, 0.1) is 39.4 Å². The molecule has 4 aliphatic rings. The minimum Gasteiger partial charge on any atom is -0.481 e. The van der Waals surface area contributed by atoms with Crippen LogP contribution in [0.15, 0.2) is 22.8 Å². The Kier molecular flexibility index (Phi) is 6.47. The summed E-state index contributed by atoms with van der Waals surface area (Å²) in [7, 11) is 0. The van der Waals surface area contributed by atoms with E-state index in [0.29, 0.717) is 12.3 Å². The van der Waals surface area contributed by atoms with Crippen molar-refractivity contribution in [2.75, 3.05) is 0 Å². The molecule has 1 unspecified atom stereocenters. The zero-order chi connectivity index (χ0) is 25.3. The van der Waals surface area contributed by atoms with Gasteiger partial charge in [-0.25, -0.2) is 0 Å². The summed E-state index contributed by atoms with van der Waals surface area (Å²) in [5.41, 5.74) is 3.45. The van der Waals surface area contributed by atoms with Crippen molar-refractivity contribution in [2.45, 2.75) is 118 Å². The second-order valence-electron chi connectivity index (χ2n) is 13.4. The summed E-state index contributed by atoms with van der Waals surface area (Å²) in [6.45, 7) is 15.5. The van der Waals surface area contributed by atoms with Gasteiger partial charge in [0.2, 0.25) is 0 Å². The molecule has 0 aliphatic heterocycles. The van der Waals surface area contributed by atoms with Crippen LogP contribution < -0.4 is 0 Å². The fourth-order valence-electron chi connectivity index (χ4n) is 9.39. The number of rotatable bonds is 5. The number of aliphatic carboxylic acids is 1. The summed E-state index contributed by atoms with van der Waals surface area (Å²) in [4.78, 5) is 12.4. The highest BCUT2D eigenvalue weighted by Crippen LogP contribution is 2.72. The highest BCUT2D eigenvalue weighted by molar-refractivity contribution is 5.76. The van der Waals surface area contributed by atoms with Crippen LogP contribution in [0.1, 0.15) is 106 Å². The van der Waals surface area contributed by atoms with E-state index in [4.69, 9.17) is 0 Å². The summed E-state index contributed by atoms with van der Waals surface area (Å²) < 4.78 is 0. The van der Waals surface area contributed by atoms with Gasteiger partial charge < -0.3 is 15.3 Å². The van der Waals surface area contributed by atoms with E-state index in [0.717, 1.165) is 51.4 Å². The van der Waals surface area contributed by atoms with Crippen LogP contribution in [0.4, 0.5) is 0 Å². The Balaban J connectivity index is 1.69. The third-order valence-corrected chi connectivity index (χ3v) is 11.9. The lowest BCUT2D eigenvalue weighted by Crippen LogP contribution is -2.58. The smallest absolute Gasteiger partial charge is 0.312 e. The van der Waals surface area contributed by atoms with E-state index in [9.17, 15) is 20.1 Å². The van der Waals surface area contributed by atoms with E-state index in [1.165, 1.54) is 11.1 Å². The van der Waals surface area contributed by atoms with Crippen LogP contribution >= 0.6 is 0 Å². The lowest BCUT2D eigenvalue weighted by Gasteiger charge is -2.61. The van der Waals surface area contributed by atoms with Gasteiger partial charge in [0.1, 0.15) is 0 Å². The molecule has 0 aromatic carbocycles. The predicted octanol–water partition coefficient (Wildman–Crippen LogP) is 6.51. The SMILES string of the molecule is CC(C)=CCC(O)[C@@H](C)[C@H]1CC[C@@]2(C)C3=C(CC[C@]12C)[C@@]1(C)CC[C@H](O)[C@@](C)(C(=O)O)[C@@H]1CC3. The molecular weight excluding hydrogens is 424 g/mol. The molecule has 4 heteroatoms. The third kappa shape index (κ3) is 3.41. The summed E-state index contributed by atoms with van der Waals surface area (Å²) in [5, 5.41) is 32.0. The molecule has 192 valence electrons. The van der Waals surface area contributed by atoms with Crippen LogP contribution in [-0.4, -0.2) is 33.5 Å². The number of fused-ring (bicyclic) bond motifs is 4. The largest absolute Gasteiger partial charge is 0.481 e. The van der Waals surface area contributed by atoms with Crippen LogP contribution in [0.2, 0.25) is 0 Å². The van der Waals surface area contributed by atoms with Crippen LogP contribution in [0.5, 0.6) is 0 Å². The third-order valence-electron chi connectivity index (χ3n) is 11.9. The molecule has 4 rings (SSSR count). The molecule has 2 saturated carbocycles. The van der Waals surface area contributed by atoms with E-state index >= 15 is 0 Å². The van der Waals surface area contributed by atoms with Crippen LogP contribution in [0.3, 0.4) is 0 Å². The molecule has 9 atom stereocenters. The first-order valence-corrected chi connectivity index (χ1v) is 13.7. The zero-order valence-corrected chi connectivity index (χ0v) is 22.6. The van der Waals surface area contributed by atoms with E-state index < -0.39 is 17.5 Å². The Morgan fingerprint density at radius 3 is 2.32 bits per heavy atom. The minimum absolute atomic E-state index is 0.0185. The highest BCUT2D eigenvalue weighted by Gasteiger charge is 2.65. The Hall–Kier alpha value is -1.13. The molecule has 0 spiro atoms. The van der Waals surface area contributed by atoms with E-state index in [-0.39, 0.29) is 34.2 Å². The molecule has 0 heterocycles. The van der Waals surface area contributed by atoms with Crippen molar-refractivity contribution >= 4 is 5.97 Å². The Bertz CT molecular complexity index is 899. The molecule has 0 radical (unpaired) electrons. The van der Waals surface area contributed by atoms with Crippen molar-refractivity contribution in [2.24, 2.45) is 39.4 Å². The summed E-state index contributed by atoms with van der Waals surface area (Å²) in [6, 6.07) is 0. The van der Waals surface area contributed by atoms with Crippen molar-refractivity contribution in [1.82, 2.24) is 0 Å². The number of aliphatic hydroxyl groups is 2. The Morgan fingerprint density at radius 2 is 1.71 bits per heavy atom. The average Bonchev–Trinajstić information content (AvgIpc) is 3.05. The number of carbonyl (C=O) groups is 1. The fourth-order valence-corrected chi connectivity index (χ4v) is 9.39. The topological polar surface area (TPSA) is 77.8 Å². The van der Waals surface area contributed by atoms with Gasteiger partial charge in [0.15, 0.2) is 0 Å². The van der Waals surface area contributed by atoms with Gasteiger partial charge in [-0.3, -0.25) is 4.79 Å². The first-order valence-electron chi connectivity index (χ1n) is 13.7. The van der Waals surface area contributed by atoms with Gasteiger partial charge in [0.25, 0.3) is 0 Å². The molecule has 0 saturated heterocycles. The molecule has 3 N–H and O–H groups in total. The van der Waals surface area contributed by atoms with Gasteiger partial charge in [-0.2, -0.15) is 0 Å². The first kappa shape index (κ1) is 25.9. The molecule has 0 amide bonds. The number of allylic oxidation sites excluding steroid dienone is 3. The lowest BCUT2D eigenvalue weighted by atomic mass is 9.43. The predicted molar refractivity (Wildman–Crippen MR) is 136 cm³/mol. The van der Waals surface area contributed by atoms with E-state index in [1.54, 1.807) is 12.5 Å². The monoisotopic (exact) mass is 472 g/mol. The second kappa shape index (κ2) is 8.47. The van der Waals surface area contributed by atoms with Gasteiger partial charge in [0.05, 0.1) is 17.6 Å². The standard InChI is InChI=1S/C30H48O4/c1-18(2)8-10-23(31)19(3)20-12-16-29(6)22-9-11-24-27(4,21(22)13-17-28(20,29)5)15-14-25(32)30(24,7)26(33)34/h8,19-20,23-25,31-32H,9-17H2,1-7H3,(H,33,34)/t19-,20+,23?,24+,25-,27+,28+,29-,30-/m0/s1. The van der Waals surface area contributed by atoms with Crippen molar-refractivity contribution in [1.29, 1.82) is 0 Å². The summed E-state index contributed by atoms with van der Waals surface area (Å²) in [6.07, 6.45) is 9.54. The number of carboxylic acid groups (broad SMARTS) is 1. The van der Waals surface area contributed by atoms with Gasteiger partial charge >= 0.3 is 5.97 Å².